The summed E-state index contributed by atoms with van der Waals surface area (Å²) in [6, 6.07) is 7.33. The van der Waals surface area contributed by atoms with Crippen LogP contribution in [0.4, 0.5) is 5.95 Å². The fourth-order valence-electron chi connectivity index (χ4n) is 2.60. The van der Waals surface area contributed by atoms with Crippen molar-refractivity contribution in [1.82, 2.24) is 20.2 Å². The standard InChI is InChI=1S/C18H27N5O5S/c1-4-11-22(12-5-2)18-20-14-19-17(21-18)16-9-7-15(8-10-16)13-27-23(6-3)28-29(24,25)26/h7-10,14H,4-6,11-13H2,1-3H3,(H,24,25,26). The Bertz CT molecular complexity index is 857. The number of hydrogen-bond donors (Lipinski definition) is 1. The predicted molar refractivity (Wildman–Crippen MR) is 108 cm³/mol. The summed E-state index contributed by atoms with van der Waals surface area (Å²) < 4.78 is 34.5. The van der Waals surface area contributed by atoms with Gasteiger partial charge in [-0.1, -0.05) is 38.1 Å². The van der Waals surface area contributed by atoms with Crippen molar-refractivity contribution < 1.29 is 22.1 Å². The number of benzene rings is 1. The first-order valence-electron chi connectivity index (χ1n) is 9.47. The lowest BCUT2D eigenvalue weighted by Gasteiger charge is -2.21. The third-order valence-corrected chi connectivity index (χ3v) is 4.21. The van der Waals surface area contributed by atoms with Gasteiger partial charge in [-0.15, -0.1) is 4.28 Å². The summed E-state index contributed by atoms with van der Waals surface area (Å²) in [7, 11) is -4.63. The van der Waals surface area contributed by atoms with Crippen LogP contribution in [0, 0.1) is 0 Å². The molecule has 0 unspecified atom stereocenters. The largest absolute Gasteiger partial charge is 0.415 e. The van der Waals surface area contributed by atoms with Gasteiger partial charge in [0, 0.05) is 18.7 Å². The number of anilines is 1. The quantitative estimate of drug-likeness (QED) is 0.401. The van der Waals surface area contributed by atoms with Crippen LogP contribution < -0.4 is 4.90 Å². The maximum atomic E-state index is 10.8. The van der Waals surface area contributed by atoms with E-state index in [1.807, 2.05) is 24.3 Å². The summed E-state index contributed by atoms with van der Waals surface area (Å²) in [5.74, 6) is 1.23. The minimum Gasteiger partial charge on any atom is -0.341 e. The van der Waals surface area contributed by atoms with Crippen LogP contribution in [0.25, 0.3) is 11.4 Å². The van der Waals surface area contributed by atoms with Crippen molar-refractivity contribution in [1.29, 1.82) is 0 Å². The average Bonchev–Trinajstić information content (AvgIpc) is 2.70. The molecule has 2 rings (SSSR count). The molecule has 0 fully saturated rings. The van der Waals surface area contributed by atoms with Gasteiger partial charge in [0.15, 0.2) is 5.82 Å². The molecular weight excluding hydrogens is 398 g/mol. The van der Waals surface area contributed by atoms with Gasteiger partial charge in [0.05, 0.1) is 13.2 Å². The fraction of sp³-hybridized carbons (Fsp3) is 0.500. The molecule has 0 aliphatic heterocycles. The van der Waals surface area contributed by atoms with Gasteiger partial charge in [0.1, 0.15) is 6.33 Å². The molecule has 0 aliphatic rings. The minimum absolute atomic E-state index is 0.0624. The van der Waals surface area contributed by atoms with E-state index in [1.165, 1.54) is 6.33 Å². The van der Waals surface area contributed by atoms with Crippen LogP contribution in [0.1, 0.15) is 39.2 Å². The monoisotopic (exact) mass is 425 g/mol. The average molecular weight is 426 g/mol. The summed E-state index contributed by atoms with van der Waals surface area (Å²) in [6.07, 6.45) is 3.52. The van der Waals surface area contributed by atoms with Crippen LogP contribution in [0.5, 0.6) is 0 Å². The molecule has 29 heavy (non-hydrogen) atoms. The molecule has 1 aromatic heterocycles. The van der Waals surface area contributed by atoms with E-state index >= 15 is 0 Å². The zero-order valence-electron chi connectivity index (χ0n) is 16.9. The molecule has 0 saturated heterocycles. The number of nitrogens with zero attached hydrogens (tertiary/aromatic N) is 5. The van der Waals surface area contributed by atoms with Crippen LogP contribution >= 0.6 is 0 Å². The summed E-state index contributed by atoms with van der Waals surface area (Å²) in [5.41, 5.74) is 1.60. The van der Waals surface area contributed by atoms with Gasteiger partial charge in [-0.3, -0.25) is 9.39 Å². The summed E-state index contributed by atoms with van der Waals surface area (Å²) in [6.45, 7) is 7.79. The lowest BCUT2D eigenvalue weighted by atomic mass is 10.1. The van der Waals surface area contributed by atoms with Crippen molar-refractivity contribution in [3.8, 4) is 11.4 Å². The Morgan fingerprint density at radius 3 is 2.24 bits per heavy atom. The molecule has 2 aromatic rings. The highest BCUT2D eigenvalue weighted by molar-refractivity contribution is 7.80. The van der Waals surface area contributed by atoms with Crippen LogP contribution in [0.2, 0.25) is 0 Å². The first-order valence-corrected chi connectivity index (χ1v) is 10.8. The lowest BCUT2D eigenvalue weighted by molar-refractivity contribution is -0.322. The van der Waals surface area contributed by atoms with Crippen molar-refractivity contribution in [3.05, 3.63) is 36.2 Å². The number of aromatic nitrogens is 3. The van der Waals surface area contributed by atoms with Gasteiger partial charge in [0.25, 0.3) is 0 Å². The van der Waals surface area contributed by atoms with Gasteiger partial charge < -0.3 is 4.90 Å². The maximum Gasteiger partial charge on any atom is 0.415 e. The first-order chi connectivity index (χ1) is 13.9. The maximum absolute atomic E-state index is 10.8. The minimum atomic E-state index is -4.63. The van der Waals surface area contributed by atoms with Crippen LogP contribution in [-0.2, 0) is 26.1 Å². The third-order valence-electron chi connectivity index (χ3n) is 3.85. The third kappa shape index (κ3) is 7.63. The smallest absolute Gasteiger partial charge is 0.341 e. The molecule has 0 atom stereocenters. The zero-order valence-corrected chi connectivity index (χ0v) is 17.7. The first kappa shape index (κ1) is 23.1. The molecule has 1 N–H and O–H groups in total. The number of rotatable bonds is 12. The highest BCUT2D eigenvalue weighted by Gasteiger charge is 2.14. The Hall–Kier alpha value is -2.18. The lowest BCUT2D eigenvalue weighted by Crippen LogP contribution is -2.27. The molecule has 160 valence electrons. The summed E-state index contributed by atoms with van der Waals surface area (Å²) >= 11 is 0. The second kappa shape index (κ2) is 11.1. The van der Waals surface area contributed by atoms with E-state index < -0.39 is 10.4 Å². The van der Waals surface area contributed by atoms with Crippen molar-refractivity contribution in [2.24, 2.45) is 0 Å². The van der Waals surface area contributed by atoms with Crippen molar-refractivity contribution in [3.63, 3.8) is 0 Å². The van der Waals surface area contributed by atoms with Crippen LogP contribution in [-0.4, -0.2) is 52.8 Å². The molecule has 1 aromatic carbocycles. The number of hydrogen-bond acceptors (Lipinski definition) is 9. The second-order valence-corrected chi connectivity index (χ2v) is 7.22. The van der Waals surface area contributed by atoms with Gasteiger partial charge in [0.2, 0.25) is 5.95 Å². The van der Waals surface area contributed by atoms with Crippen LogP contribution in [0.15, 0.2) is 30.6 Å². The van der Waals surface area contributed by atoms with E-state index in [0.29, 0.717) is 17.0 Å². The molecule has 0 saturated carbocycles. The Morgan fingerprint density at radius 1 is 1.03 bits per heavy atom. The number of hydroxylamine groups is 2. The van der Waals surface area contributed by atoms with Crippen LogP contribution in [0.3, 0.4) is 0 Å². The summed E-state index contributed by atoms with van der Waals surface area (Å²) in [4.78, 5) is 20.5. The molecule has 0 spiro atoms. The van der Waals surface area contributed by atoms with Crippen molar-refractivity contribution in [2.75, 3.05) is 24.5 Å². The SMILES string of the molecule is CCCN(CCC)c1ncnc(-c2ccc(CON(CC)OS(=O)(=O)O)cc2)n1. The van der Waals surface area contributed by atoms with E-state index in [0.717, 1.165) is 37.1 Å². The van der Waals surface area contributed by atoms with E-state index in [9.17, 15) is 8.42 Å². The Labute approximate surface area is 171 Å². The van der Waals surface area contributed by atoms with Gasteiger partial charge in [-0.25, -0.2) is 9.97 Å². The fourth-order valence-corrected chi connectivity index (χ4v) is 2.96. The highest BCUT2D eigenvalue weighted by Crippen LogP contribution is 2.18. The molecule has 11 heteroatoms. The summed E-state index contributed by atoms with van der Waals surface area (Å²) in [5, 5.41) is 0.692. The van der Waals surface area contributed by atoms with Gasteiger partial charge in [-0.05, 0) is 30.6 Å². The zero-order chi connectivity index (χ0) is 21.3. The predicted octanol–water partition coefficient (Wildman–Crippen LogP) is 2.65. The van der Waals surface area contributed by atoms with E-state index in [-0.39, 0.29) is 13.2 Å². The van der Waals surface area contributed by atoms with E-state index in [2.05, 4.69) is 38.0 Å². The topological polar surface area (TPSA) is 118 Å². The molecular formula is C18H27N5O5S. The molecule has 0 bridgehead atoms. The van der Waals surface area contributed by atoms with Gasteiger partial charge >= 0.3 is 10.4 Å². The van der Waals surface area contributed by atoms with Gasteiger partial charge in [-0.2, -0.15) is 13.4 Å². The second-order valence-electron chi connectivity index (χ2n) is 6.22. The van der Waals surface area contributed by atoms with Crippen molar-refractivity contribution in [2.45, 2.75) is 40.2 Å². The highest BCUT2D eigenvalue weighted by atomic mass is 32.3. The Balaban J connectivity index is 2.07. The van der Waals surface area contributed by atoms with E-state index in [1.54, 1.807) is 6.92 Å². The molecule has 10 nitrogen and oxygen atoms in total. The Kier molecular flexibility index (Phi) is 8.86. The Morgan fingerprint density at radius 2 is 1.69 bits per heavy atom. The normalized spacial score (nSPS) is 11.8. The van der Waals surface area contributed by atoms with E-state index in [4.69, 9.17) is 9.39 Å². The molecule has 0 aliphatic carbocycles. The van der Waals surface area contributed by atoms with Crippen molar-refractivity contribution >= 4 is 16.3 Å². The molecule has 0 radical (unpaired) electrons. The molecule has 1 heterocycles. The molecule has 0 amide bonds.